The second-order valence-electron chi connectivity index (χ2n) is 5.27. The summed E-state index contributed by atoms with van der Waals surface area (Å²) in [5.41, 5.74) is -1.15. The number of anilines is 4. The maximum absolute atomic E-state index is 14.3. The molecule has 0 aromatic heterocycles. The summed E-state index contributed by atoms with van der Waals surface area (Å²) in [5.74, 6) is -6.02. The number of nitrogens with one attached hydrogen (secondary N) is 2. The highest BCUT2D eigenvalue weighted by Gasteiger charge is 2.25. The third kappa shape index (κ3) is 4.05. The zero-order chi connectivity index (χ0) is 18.8. The first-order chi connectivity index (χ1) is 12.4. The van der Waals surface area contributed by atoms with E-state index >= 15 is 0 Å². The number of hydrogen-bond acceptors (Lipinski definition) is 2. The third-order valence-electron chi connectivity index (χ3n) is 3.49. The van der Waals surface area contributed by atoms with Gasteiger partial charge in [-0.2, -0.15) is 0 Å². The molecule has 26 heavy (non-hydrogen) atoms. The van der Waals surface area contributed by atoms with Crippen LogP contribution in [0.25, 0.3) is 0 Å². The Bertz CT molecular complexity index is 837. The van der Waals surface area contributed by atoms with Crippen LogP contribution in [0.1, 0.15) is 0 Å². The number of halogens is 6. The van der Waals surface area contributed by atoms with Gasteiger partial charge < -0.3 is 10.6 Å². The van der Waals surface area contributed by atoms with Crippen molar-refractivity contribution in [3.8, 4) is 0 Å². The second-order valence-corrected chi connectivity index (χ2v) is 7.76. The molecule has 0 bridgehead atoms. The fraction of sp³-hybridized carbons (Fsp3) is 0. The van der Waals surface area contributed by atoms with E-state index in [1.165, 1.54) is 0 Å². The van der Waals surface area contributed by atoms with Crippen molar-refractivity contribution in [3.63, 3.8) is 0 Å². The van der Waals surface area contributed by atoms with Gasteiger partial charge in [-0.1, -0.05) is 0 Å². The summed E-state index contributed by atoms with van der Waals surface area (Å²) in [6.07, 6.45) is 0. The molecule has 3 aromatic rings. The predicted octanol–water partition coefficient (Wildman–Crippen LogP) is 6.94. The monoisotopic (exact) mass is 584 g/mol. The SMILES string of the molecule is Fc1c(F)c(Nc2ccc(I)cc2)c(F)c(F)c1Nc1ccc(I)cc1. The molecule has 3 aromatic carbocycles. The van der Waals surface area contributed by atoms with E-state index in [0.29, 0.717) is 11.4 Å². The molecule has 3 rings (SSSR count). The van der Waals surface area contributed by atoms with Crippen LogP contribution in [0.3, 0.4) is 0 Å². The van der Waals surface area contributed by atoms with Gasteiger partial charge >= 0.3 is 0 Å². The van der Waals surface area contributed by atoms with Crippen LogP contribution < -0.4 is 10.6 Å². The molecule has 0 aliphatic heterocycles. The molecule has 0 radical (unpaired) electrons. The molecule has 2 N–H and O–H groups in total. The quantitative estimate of drug-likeness (QED) is 0.198. The first-order valence-electron chi connectivity index (χ1n) is 7.28. The molecule has 0 saturated heterocycles. The summed E-state index contributed by atoms with van der Waals surface area (Å²) in [5, 5.41) is 4.77. The molecule has 0 saturated carbocycles. The molecule has 0 fully saturated rings. The van der Waals surface area contributed by atoms with E-state index in [9.17, 15) is 17.6 Å². The lowest BCUT2D eigenvalue weighted by Crippen LogP contribution is -2.08. The normalized spacial score (nSPS) is 10.7. The topological polar surface area (TPSA) is 24.1 Å². The molecule has 0 heterocycles. The average molecular weight is 584 g/mol. The van der Waals surface area contributed by atoms with Crippen LogP contribution in [0.15, 0.2) is 48.5 Å². The fourth-order valence-corrected chi connectivity index (χ4v) is 2.93. The van der Waals surface area contributed by atoms with Gasteiger partial charge in [0, 0.05) is 18.5 Å². The van der Waals surface area contributed by atoms with Crippen LogP contribution in [0.5, 0.6) is 0 Å². The van der Waals surface area contributed by atoms with Gasteiger partial charge in [0.2, 0.25) is 0 Å². The van der Waals surface area contributed by atoms with E-state index in [-0.39, 0.29) is 0 Å². The van der Waals surface area contributed by atoms with Gasteiger partial charge in [0.05, 0.1) is 0 Å². The molecule has 2 nitrogen and oxygen atoms in total. The van der Waals surface area contributed by atoms with E-state index < -0.39 is 34.6 Å². The highest BCUT2D eigenvalue weighted by molar-refractivity contribution is 14.1. The third-order valence-corrected chi connectivity index (χ3v) is 4.93. The van der Waals surface area contributed by atoms with Crippen molar-refractivity contribution < 1.29 is 17.6 Å². The zero-order valence-corrected chi connectivity index (χ0v) is 17.2. The molecular formula is C18H10F4I2N2. The lowest BCUT2D eigenvalue weighted by Gasteiger charge is -2.15. The van der Waals surface area contributed by atoms with Gasteiger partial charge in [-0.15, -0.1) is 0 Å². The molecular weight excluding hydrogens is 574 g/mol. The van der Waals surface area contributed by atoms with Crippen molar-refractivity contribution in [1.82, 2.24) is 0 Å². The summed E-state index contributed by atoms with van der Waals surface area (Å²) in [6.45, 7) is 0. The van der Waals surface area contributed by atoms with Crippen LogP contribution in [0.2, 0.25) is 0 Å². The van der Waals surface area contributed by atoms with Gasteiger partial charge in [-0.3, -0.25) is 0 Å². The van der Waals surface area contributed by atoms with Gasteiger partial charge in [0.25, 0.3) is 0 Å². The van der Waals surface area contributed by atoms with Crippen molar-refractivity contribution in [1.29, 1.82) is 0 Å². The lowest BCUT2D eigenvalue weighted by atomic mass is 10.2. The lowest BCUT2D eigenvalue weighted by molar-refractivity contribution is 0.465. The number of rotatable bonds is 4. The van der Waals surface area contributed by atoms with Gasteiger partial charge in [0.15, 0.2) is 23.3 Å². The fourth-order valence-electron chi connectivity index (χ4n) is 2.21. The maximum atomic E-state index is 14.3. The van der Waals surface area contributed by atoms with Crippen molar-refractivity contribution in [2.45, 2.75) is 0 Å². The standard InChI is InChI=1S/C18H10F4I2N2/c19-13-15(21)18(26-12-7-3-10(24)4-8-12)16(22)14(20)17(13)25-11-5-1-9(23)2-6-11/h1-8,25-26H. The molecule has 8 heteroatoms. The Labute approximate surface area is 174 Å². The second kappa shape index (κ2) is 7.99. The Morgan fingerprint density at radius 1 is 0.500 bits per heavy atom. The maximum Gasteiger partial charge on any atom is 0.187 e. The minimum Gasteiger partial charge on any atom is -0.351 e. The van der Waals surface area contributed by atoms with Crippen LogP contribution in [0, 0.1) is 30.4 Å². The summed E-state index contributed by atoms with van der Waals surface area (Å²) in [6, 6.07) is 13.0. The van der Waals surface area contributed by atoms with E-state index in [2.05, 4.69) is 55.8 Å². The summed E-state index contributed by atoms with van der Waals surface area (Å²) in [4.78, 5) is 0. The van der Waals surface area contributed by atoms with Crippen LogP contribution in [-0.2, 0) is 0 Å². The Kier molecular flexibility index (Phi) is 5.90. The molecule has 134 valence electrons. The Morgan fingerprint density at radius 3 is 1.04 bits per heavy atom. The Balaban J connectivity index is 1.98. The number of benzene rings is 3. The predicted molar refractivity (Wildman–Crippen MR) is 111 cm³/mol. The van der Waals surface area contributed by atoms with Gasteiger partial charge in [0.1, 0.15) is 11.4 Å². The smallest absolute Gasteiger partial charge is 0.187 e. The first-order valence-corrected chi connectivity index (χ1v) is 9.43. The van der Waals surface area contributed by atoms with Crippen molar-refractivity contribution in [3.05, 3.63) is 78.9 Å². The van der Waals surface area contributed by atoms with Crippen molar-refractivity contribution >= 4 is 67.9 Å². The molecule has 0 aliphatic carbocycles. The minimum absolute atomic E-state index is 0.306. The highest BCUT2D eigenvalue weighted by atomic mass is 127. The van der Waals surface area contributed by atoms with Gasteiger partial charge in [-0.25, -0.2) is 17.6 Å². The van der Waals surface area contributed by atoms with E-state index in [0.717, 1.165) is 7.14 Å². The average Bonchev–Trinajstić information content (AvgIpc) is 2.64. The molecule has 0 unspecified atom stereocenters. The largest absolute Gasteiger partial charge is 0.351 e. The van der Waals surface area contributed by atoms with Crippen molar-refractivity contribution in [2.75, 3.05) is 10.6 Å². The molecule has 0 aliphatic rings. The van der Waals surface area contributed by atoms with Crippen molar-refractivity contribution in [2.24, 2.45) is 0 Å². The minimum atomic E-state index is -1.50. The van der Waals surface area contributed by atoms with Crippen LogP contribution >= 0.6 is 45.2 Å². The molecule has 0 spiro atoms. The van der Waals surface area contributed by atoms with E-state index in [1.807, 2.05) is 0 Å². The molecule has 0 atom stereocenters. The summed E-state index contributed by atoms with van der Waals surface area (Å²) >= 11 is 4.13. The van der Waals surface area contributed by atoms with Crippen LogP contribution in [0.4, 0.5) is 40.3 Å². The highest BCUT2D eigenvalue weighted by Crippen LogP contribution is 2.34. The first kappa shape index (κ1) is 19.2. The van der Waals surface area contributed by atoms with Gasteiger partial charge in [-0.05, 0) is 93.7 Å². The van der Waals surface area contributed by atoms with E-state index in [1.54, 1.807) is 48.5 Å². The summed E-state index contributed by atoms with van der Waals surface area (Å²) < 4.78 is 59.2. The number of hydrogen-bond donors (Lipinski definition) is 2. The molecule has 0 amide bonds. The van der Waals surface area contributed by atoms with Crippen LogP contribution in [-0.4, -0.2) is 0 Å². The Hall–Kier alpha value is -1.56. The Morgan fingerprint density at radius 2 is 0.769 bits per heavy atom. The zero-order valence-electron chi connectivity index (χ0n) is 12.9. The summed E-state index contributed by atoms with van der Waals surface area (Å²) in [7, 11) is 0. The van der Waals surface area contributed by atoms with E-state index in [4.69, 9.17) is 0 Å².